The largest absolute Gasteiger partial charge is 0.445 e. The van der Waals surface area contributed by atoms with Crippen LogP contribution in [0.4, 0.5) is 15.3 Å². The number of piperidine rings is 1. The lowest BCUT2D eigenvalue weighted by Crippen LogP contribution is -2.73. The second kappa shape index (κ2) is 14.4. The molecule has 1 spiro atoms. The quantitative estimate of drug-likeness (QED) is 0.343. The summed E-state index contributed by atoms with van der Waals surface area (Å²) in [5.41, 5.74) is 4.04. The number of urea groups is 1. The number of piperazine rings is 1. The first-order chi connectivity index (χ1) is 20.6. The van der Waals surface area contributed by atoms with Crippen LogP contribution < -0.4 is 16.0 Å². The van der Waals surface area contributed by atoms with E-state index >= 15 is 0 Å². The van der Waals surface area contributed by atoms with E-state index in [0.29, 0.717) is 58.3 Å². The number of carbonyl (C=O) groups excluding carboxylic acids is 4. The van der Waals surface area contributed by atoms with Gasteiger partial charge in [0.05, 0.1) is 0 Å². The number of hydrogen-bond donors (Lipinski definition) is 3. The van der Waals surface area contributed by atoms with Crippen molar-refractivity contribution >= 4 is 29.6 Å². The Balaban J connectivity index is 1.26. The molecule has 0 saturated carbocycles. The standard InChI is InChI=1S/C33H45N5O5/c1-5-17-38-29(39)27(13-9-10-16-34-32(42)43-22-26-11-7-6-8-12-26)35-30(40)33(38)14-18-37(19-15-33)31(41)36-28-21-24(3)23(2)20-25(28)4/h6-8,11-12,20-21,27H,5,9-10,13-19,22H2,1-4H3,(H,34,42)(H,35,40)(H,36,41)/t27-/m0/s1. The van der Waals surface area contributed by atoms with Crippen LogP contribution in [0.5, 0.6) is 0 Å². The zero-order valence-corrected chi connectivity index (χ0v) is 25.8. The number of benzene rings is 2. The molecule has 2 aliphatic heterocycles. The van der Waals surface area contributed by atoms with E-state index in [1.165, 1.54) is 5.56 Å². The highest BCUT2D eigenvalue weighted by atomic mass is 16.5. The minimum absolute atomic E-state index is 0.0691. The SMILES string of the molecule is CCCN1C(=O)[C@H](CCCCNC(=O)OCc2ccccc2)NC(=O)C12CCN(C(=O)Nc1cc(C)c(C)cc1C)CC2. The lowest BCUT2D eigenvalue weighted by molar-refractivity contribution is -0.160. The summed E-state index contributed by atoms with van der Waals surface area (Å²) in [5.74, 6) is -0.210. The molecule has 2 aromatic rings. The van der Waals surface area contributed by atoms with E-state index in [4.69, 9.17) is 4.74 Å². The van der Waals surface area contributed by atoms with Gasteiger partial charge in [-0.1, -0.05) is 43.3 Å². The van der Waals surface area contributed by atoms with Gasteiger partial charge in [0.25, 0.3) is 0 Å². The molecule has 2 heterocycles. The van der Waals surface area contributed by atoms with Crippen LogP contribution >= 0.6 is 0 Å². The summed E-state index contributed by atoms with van der Waals surface area (Å²) in [5, 5.41) is 8.77. The number of aryl methyl sites for hydroxylation is 3. The number of ether oxygens (including phenoxy) is 1. The average molecular weight is 592 g/mol. The predicted molar refractivity (Wildman–Crippen MR) is 166 cm³/mol. The molecule has 43 heavy (non-hydrogen) atoms. The minimum Gasteiger partial charge on any atom is -0.445 e. The van der Waals surface area contributed by atoms with Gasteiger partial charge in [0.2, 0.25) is 11.8 Å². The van der Waals surface area contributed by atoms with Gasteiger partial charge in [0.1, 0.15) is 18.2 Å². The summed E-state index contributed by atoms with van der Waals surface area (Å²) in [7, 11) is 0. The molecule has 0 unspecified atom stereocenters. The van der Waals surface area contributed by atoms with Crippen LogP contribution in [-0.4, -0.2) is 71.5 Å². The molecule has 0 aromatic heterocycles. The number of nitrogens with zero attached hydrogens (tertiary/aromatic N) is 2. The van der Waals surface area contributed by atoms with Crippen LogP contribution in [0.3, 0.4) is 0 Å². The number of carbonyl (C=O) groups is 4. The van der Waals surface area contributed by atoms with E-state index in [-0.39, 0.29) is 24.5 Å². The van der Waals surface area contributed by atoms with Gasteiger partial charge in [-0.25, -0.2) is 9.59 Å². The molecule has 2 saturated heterocycles. The second-order valence-electron chi connectivity index (χ2n) is 11.7. The lowest BCUT2D eigenvalue weighted by atomic mass is 9.81. The summed E-state index contributed by atoms with van der Waals surface area (Å²) in [6.07, 6.45) is 2.85. The Morgan fingerprint density at radius 2 is 1.70 bits per heavy atom. The molecule has 10 heteroatoms. The first-order valence-corrected chi connectivity index (χ1v) is 15.4. The summed E-state index contributed by atoms with van der Waals surface area (Å²) >= 11 is 0. The highest BCUT2D eigenvalue weighted by Crippen LogP contribution is 2.34. The van der Waals surface area contributed by atoms with Crippen LogP contribution in [0, 0.1) is 20.8 Å². The molecule has 3 N–H and O–H groups in total. The van der Waals surface area contributed by atoms with Crippen molar-refractivity contribution in [2.45, 2.75) is 84.4 Å². The van der Waals surface area contributed by atoms with Gasteiger partial charge in [-0.2, -0.15) is 0 Å². The van der Waals surface area contributed by atoms with Crippen molar-refractivity contribution in [1.82, 2.24) is 20.4 Å². The van der Waals surface area contributed by atoms with Crippen molar-refractivity contribution in [3.8, 4) is 0 Å². The van der Waals surface area contributed by atoms with Crippen LogP contribution in [0.1, 0.15) is 67.7 Å². The number of unbranched alkanes of at least 4 members (excludes halogenated alkanes) is 1. The average Bonchev–Trinajstić information content (AvgIpc) is 3.00. The third kappa shape index (κ3) is 7.66. The van der Waals surface area contributed by atoms with E-state index in [1.807, 2.05) is 64.1 Å². The maximum atomic E-state index is 13.6. The van der Waals surface area contributed by atoms with E-state index < -0.39 is 17.7 Å². The van der Waals surface area contributed by atoms with Crippen molar-refractivity contribution in [1.29, 1.82) is 0 Å². The molecule has 0 radical (unpaired) electrons. The summed E-state index contributed by atoms with van der Waals surface area (Å²) in [4.78, 5) is 55.7. The van der Waals surface area contributed by atoms with E-state index in [1.54, 1.807) is 9.80 Å². The molecule has 2 fully saturated rings. The van der Waals surface area contributed by atoms with Crippen LogP contribution in [-0.2, 0) is 20.9 Å². The number of nitrogens with one attached hydrogen (secondary N) is 3. The summed E-state index contributed by atoms with van der Waals surface area (Å²) in [6.45, 7) is 9.92. The fourth-order valence-corrected chi connectivity index (χ4v) is 5.92. The van der Waals surface area contributed by atoms with Gasteiger partial charge in [-0.15, -0.1) is 0 Å². The lowest BCUT2D eigenvalue weighted by Gasteiger charge is -2.51. The number of hydrogen-bond acceptors (Lipinski definition) is 5. The van der Waals surface area contributed by atoms with Crippen LogP contribution in [0.2, 0.25) is 0 Å². The summed E-state index contributed by atoms with van der Waals surface area (Å²) < 4.78 is 5.23. The number of alkyl carbamates (subject to hydrolysis) is 1. The minimum atomic E-state index is -0.944. The molecular formula is C33H45N5O5. The Bertz CT molecular complexity index is 1310. The van der Waals surface area contributed by atoms with Crippen molar-refractivity contribution in [3.63, 3.8) is 0 Å². The Hall–Kier alpha value is -4.08. The summed E-state index contributed by atoms with van der Waals surface area (Å²) in [6, 6.07) is 12.7. The Labute approximate surface area is 254 Å². The second-order valence-corrected chi connectivity index (χ2v) is 11.7. The first kappa shape index (κ1) is 31.8. The molecule has 10 nitrogen and oxygen atoms in total. The maximum Gasteiger partial charge on any atom is 0.407 e. The van der Waals surface area contributed by atoms with E-state index in [0.717, 1.165) is 28.8 Å². The zero-order valence-electron chi connectivity index (χ0n) is 25.8. The molecule has 4 rings (SSSR count). The highest BCUT2D eigenvalue weighted by molar-refractivity contribution is 6.00. The first-order valence-electron chi connectivity index (χ1n) is 15.4. The van der Waals surface area contributed by atoms with Crippen molar-refractivity contribution in [2.24, 2.45) is 0 Å². The smallest absolute Gasteiger partial charge is 0.407 e. The fourth-order valence-electron chi connectivity index (χ4n) is 5.92. The van der Waals surface area contributed by atoms with Gasteiger partial charge >= 0.3 is 12.1 Å². The number of rotatable bonds is 10. The number of likely N-dealkylation sites (tertiary alicyclic amines) is 1. The van der Waals surface area contributed by atoms with Crippen molar-refractivity contribution < 1.29 is 23.9 Å². The van der Waals surface area contributed by atoms with Gasteiger partial charge in [-0.3, -0.25) is 9.59 Å². The van der Waals surface area contributed by atoms with Crippen molar-refractivity contribution in [2.75, 3.05) is 31.5 Å². The monoisotopic (exact) mass is 591 g/mol. The van der Waals surface area contributed by atoms with Gasteiger partial charge in [0, 0.05) is 31.9 Å². The Kier molecular flexibility index (Phi) is 10.7. The van der Waals surface area contributed by atoms with Gasteiger partial charge in [0.15, 0.2) is 0 Å². The molecule has 0 aliphatic carbocycles. The van der Waals surface area contributed by atoms with E-state index in [2.05, 4.69) is 22.0 Å². The third-order valence-corrected chi connectivity index (χ3v) is 8.62. The molecule has 1 atom stereocenters. The molecule has 0 bridgehead atoms. The topological polar surface area (TPSA) is 120 Å². The van der Waals surface area contributed by atoms with E-state index in [9.17, 15) is 19.2 Å². The fraction of sp³-hybridized carbons (Fsp3) is 0.515. The van der Waals surface area contributed by atoms with Crippen LogP contribution in [0.15, 0.2) is 42.5 Å². The van der Waals surface area contributed by atoms with Crippen molar-refractivity contribution in [3.05, 3.63) is 64.7 Å². The molecule has 2 aromatic carbocycles. The Morgan fingerprint density at radius 3 is 2.40 bits per heavy atom. The molecular weight excluding hydrogens is 546 g/mol. The highest BCUT2D eigenvalue weighted by Gasteiger charge is 2.53. The van der Waals surface area contributed by atoms with Gasteiger partial charge in [-0.05, 0) is 87.6 Å². The Morgan fingerprint density at radius 1 is 1.00 bits per heavy atom. The molecule has 2 aliphatic rings. The maximum absolute atomic E-state index is 13.6. The number of anilines is 1. The predicted octanol–water partition coefficient (Wildman–Crippen LogP) is 4.81. The molecule has 5 amide bonds. The zero-order chi connectivity index (χ0) is 31.0. The van der Waals surface area contributed by atoms with Gasteiger partial charge < -0.3 is 30.5 Å². The van der Waals surface area contributed by atoms with Crippen LogP contribution in [0.25, 0.3) is 0 Å². The molecule has 232 valence electrons. The number of amides is 5. The third-order valence-electron chi connectivity index (χ3n) is 8.62. The normalized spacial score (nSPS) is 17.9.